The molecule has 0 saturated heterocycles. The van der Waals surface area contributed by atoms with Crippen molar-refractivity contribution in [1.82, 2.24) is 15.3 Å². The number of fused-ring (bicyclic) bond motifs is 1. The van der Waals surface area contributed by atoms with E-state index in [4.69, 9.17) is 0 Å². The van der Waals surface area contributed by atoms with E-state index in [1.165, 1.54) is 12.1 Å². The molecule has 0 fully saturated rings. The van der Waals surface area contributed by atoms with Gasteiger partial charge in [0.25, 0.3) is 5.91 Å². The van der Waals surface area contributed by atoms with Crippen LogP contribution in [0.1, 0.15) is 40.2 Å². The number of nitrogens with zero attached hydrogens (tertiary/aromatic N) is 2. The number of unbranched alkanes of at least 4 members (excludes halogenated alkanes) is 1. The first-order valence-corrected chi connectivity index (χ1v) is 8.80. The van der Waals surface area contributed by atoms with Gasteiger partial charge < -0.3 is 5.32 Å². The molecule has 134 valence electrons. The van der Waals surface area contributed by atoms with Gasteiger partial charge in [0.15, 0.2) is 0 Å². The highest BCUT2D eigenvalue weighted by molar-refractivity contribution is 5.97. The van der Waals surface area contributed by atoms with E-state index in [0.29, 0.717) is 12.1 Å². The molecule has 1 aromatic heterocycles. The number of hydrogen-bond donors (Lipinski definition) is 1. The maximum absolute atomic E-state index is 12.9. The number of aryl methyl sites for hydroxylation is 3. The van der Waals surface area contributed by atoms with Crippen LogP contribution in [0.25, 0.3) is 11.0 Å². The van der Waals surface area contributed by atoms with Gasteiger partial charge in [-0.25, -0.2) is 14.4 Å². The Kier molecular flexibility index (Phi) is 5.56. The zero-order valence-corrected chi connectivity index (χ0v) is 15.1. The third-order valence-corrected chi connectivity index (χ3v) is 4.43. The molecule has 0 aliphatic heterocycles. The van der Waals surface area contributed by atoms with E-state index >= 15 is 0 Å². The molecule has 0 unspecified atom stereocenters. The molecule has 0 radical (unpaired) electrons. The summed E-state index contributed by atoms with van der Waals surface area (Å²) in [4.78, 5) is 21.3. The maximum atomic E-state index is 12.9. The molecule has 3 rings (SSSR count). The summed E-state index contributed by atoms with van der Waals surface area (Å²) >= 11 is 0. The number of aromatic nitrogens is 2. The van der Waals surface area contributed by atoms with Gasteiger partial charge in [0, 0.05) is 12.1 Å². The highest BCUT2D eigenvalue weighted by atomic mass is 19.1. The molecule has 0 spiro atoms. The summed E-state index contributed by atoms with van der Waals surface area (Å²) in [6, 6.07) is 11.9. The minimum absolute atomic E-state index is 0.103. The molecule has 0 atom stereocenters. The fourth-order valence-corrected chi connectivity index (χ4v) is 2.78. The monoisotopic (exact) mass is 351 g/mol. The minimum atomic E-state index is -0.216. The summed E-state index contributed by atoms with van der Waals surface area (Å²) in [5.74, 6) is -0.319. The van der Waals surface area contributed by atoms with Gasteiger partial charge in [-0.1, -0.05) is 12.1 Å². The van der Waals surface area contributed by atoms with Crippen LogP contribution in [0.3, 0.4) is 0 Å². The number of rotatable bonds is 6. The van der Waals surface area contributed by atoms with Gasteiger partial charge in [0.1, 0.15) is 5.82 Å². The Balaban J connectivity index is 1.51. The SMILES string of the molecule is Cc1nc2ccc(C(=O)NCCCCc3ccc(F)cc3)cc2nc1C. The highest BCUT2D eigenvalue weighted by Gasteiger charge is 2.08. The molecule has 0 aliphatic rings. The van der Waals surface area contributed by atoms with Crippen LogP contribution < -0.4 is 5.32 Å². The summed E-state index contributed by atoms with van der Waals surface area (Å²) in [6.07, 6.45) is 2.68. The Labute approximate surface area is 152 Å². The lowest BCUT2D eigenvalue weighted by Crippen LogP contribution is -2.24. The normalized spacial score (nSPS) is 10.9. The van der Waals surface area contributed by atoms with Gasteiger partial charge in [-0.05, 0) is 69.0 Å². The predicted octanol–water partition coefficient (Wildman–Crippen LogP) is 4.14. The fourth-order valence-electron chi connectivity index (χ4n) is 2.78. The van der Waals surface area contributed by atoms with Crippen LogP contribution in [-0.4, -0.2) is 22.4 Å². The van der Waals surface area contributed by atoms with Crippen LogP contribution in [0, 0.1) is 19.7 Å². The quantitative estimate of drug-likeness (QED) is 0.679. The molecule has 1 heterocycles. The largest absolute Gasteiger partial charge is 0.352 e. The number of carbonyl (C=O) groups excluding carboxylic acids is 1. The van der Waals surface area contributed by atoms with Crippen molar-refractivity contribution in [2.24, 2.45) is 0 Å². The van der Waals surface area contributed by atoms with Crippen LogP contribution in [0.5, 0.6) is 0 Å². The number of amides is 1. The van der Waals surface area contributed by atoms with E-state index in [2.05, 4.69) is 15.3 Å². The number of benzene rings is 2. The Bertz CT molecular complexity index is 922. The van der Waals surface area contributed by atoms with Crippen LogP contribution in [0.2, 0.25) is 0 Å². The second-order valence-electron chi connectivity index (χ2n) is 6.44. The standard InChI is InChI=1S/C21H22FN3O/c1-14-15(2)25-20-13-17(8-11-19(20)24-14)21(26)23-12-4-3-5-16-6-9-18(22)10-7-16/h6-11,13H,3-5,12H2,1-2H3,(H,23,26). The van der Waals surface area contributed by atoms with Crippen molar-refractivity contribution in [2.75, 3.05) is 6.54 Å². The van der Waals surface area contributed by atoms with E-state index in [0.717, 1.165) is 47.2 Å². The van der Waals surface area contributed by atoms with Crippen molar-refractivity contribution in [3.63, 3.8) is 0 Å². The van der Waals surface area contributed by atoms with E-state index in [-0.39, 0.29) is 11.7 Å². The third kappa shape index (κ3) is 4.42. The Morgan fingerprint density at radius 1 is 0.962 bits per heavy atom. The number of hydrogen-bond acceptors (Lipinski definition) is 3. The number of halogens is 1. The first kappa shape index (κ1) is 18.0. The molecule has 1 N–H and O–H groups in total. The summed E-state index contributed by atoms with van der Waals surface area (Å²) < 4.78 is 12.9. The summed E-state index contributed by atoms with van der Waals surface area (Å²) in [6.45, 7) is 4.45. The van der Waals surface area contributed by atoms with Crippen LogP contribution in [0.15, 0.2) is 42.5 Å². The van der Waals surface area contributed by atoms with Gasteiger partial charge in [-0.2, -0.15) is 0 Å². The highest BCUT2D eigenvalue weighted by Crippen LogP contribution is 2.14. The summed E-state index contributed by atoms with van der Waals surface area (Å²) in [7, 11) is 0. The fraction of sp³-hybridized carbons (Fsp3) is 0.286. The lowest BCUT2D eigenvalue weighted by Gasteiger charge is -2.07. The van der Waals surface area contributed by atoms with Crippen molar-refractivity contribution in [2.45, 2.75) is 33.1 Å². The molecule has 0 saturated carbocycles. The Morgan fingerprint density at radius 3 is 2.38 bits per heavy atom. The average Bonchev–Trinajstić information content (AvgIpc) is 2.63. The second kappa shape index (κ2) is 8.04. The Morgan fingerprint density at radius 2 is 1.65 bits per heavy atom. The van der Waals surface area contributed by atoms with Crippen LogP contribution in [0.4, 0.5) is 4.39 Å². The zero-order chi connectivity index (χ0) is 18.5. The number of nitrogens with one attached hydrogen (secondary N) is 1. The first-order chi connectivity index (χ1) is 12.5. The first-order valence-electron chi connectivity index (χ1n) is 8.80. The third-order valence-electron chi connectivity index (χ3n) is 4.43. The summed E-state index contributed by atoms with van der Waals surface area (Å²) in [5.41, 5.74) is 5.00. The zero-order valence-electron chi connectivity index (χ0n) is 15.1. The summed E-state index contributed by atoms with van der Waals surface area (Å²) in [5, 5.41) is 2.94. The van der Waals surface area contributed by atoms with Crippen molar-refractivity contribution in [1.29, 1.82) is 0 Å². The average molecular weight is 351 g/mol. The molecule has 5 heteroatoms. The molecule has 2 aromatic carbocycles. The van der Waals surface area contributed by atoms with Crippen molar-refractivity contribution in [3.8, 4) is 0 Å². The molecule has 0 aliphatic carbocycles. The van der Waals surface area contributed by atoms with Crippen molar-refractivity contribution >= 4 is 16.9 Å². The number of carbonyl (C=O) groups is 1. The Hall–Kier alpha value is -2.82. The van der Waals surface area contributed by atoms with Gasteiger partial charge >= 0.3 is 0 Å². The van der Waals surface area contributed by atoms with E-state index in [9.17, 15) is 9.18 Å². The second-order valence-corrected chi connectivity index (χ2v) is 6.44. The molecular weight excluding hydrogens is 329 g/mol. The van der Waals surface area contributed by atoms with E-state index in [1.54, 1.807) is 24.3 Å². The minimum Gasteiger partial charge on any atom is -0.352 e. The smallest absolute Gasteiger partial charge is 0.251 e. The van der Waals surface area contributed by atoms with E-state index in [1.807, 2.05) is 19.9 Å². The van der Waals surface area contributed by atoms with Gasteiger partial charge in [0.05, 0.1) is 22.4 Å². The molecule has 0 bridgehead atoms. The lowest BCUT2D eigenvalue weighted by atomic mass is 10.1. The van der Waals surface area contributed by atoms with Crippen LogP contribution >= 0.6 is 0 Å². The van der Waals surface area contributed by atoms with E-state index < -0.39 is 0 Å². The molecule has 26 heavy (non-hydrogen) atoms. The van der Waals surface area contributed by atoms with Crippen molar-refractivity contribution < 1.29 is 9.18 Å². The van der Waals surface area contributed by atoms with Gasteiger partial charge in [-0.3, -0.25) is 4.79 Å². The van der Waals surface area contributed by atoms with Crippen molar-refractivity contribution in [3.05, 3.63) is 70.8 Å². The van der Waals surface area contributed by atoms with Crippen LogP contribution in [-0.2, 0) is 6.42 Å². The maximum Gasteiger partial charge on any atom is 0.251 e. The molecular formula is C21H22FN3O. The molecule has 4 nitrogen and oxygen atoms in total. The van der Waals surface area contributed by atoms with Gasteiger partial charge in [-0.15, -0.1) is 0 Å². The van der Waals surface area contributed by atoms with Gasteiger partial charge in [0.2, 0.25) is 0 Å². The lowest BCUT2D eigenvalue weighted by molar-refractivity contribution is 0.0953. The molecule has 1 amide bonds. The molecule has 3 aromatic rings. The topological polar surface area (TPSA) is 54.9 Å². The predicted molar refractivity (Wildman–Crippen MR) is 101 cm³/mol.